The van der Waals surface area contributed by atoms with Crippen molar-refractivity contribution in [1.29, 1.82) is 0 Å². The zero-order valence-corrected chi connectivity index (χ0v) is 18.2. The Balaban J connectivity index is 1.11. The molecule has 2 aliphatic carbocycles. The molecule has 1 aromatic carbocycles. The molecule has 0 atom stereocenters. The van der Waals surface area contributed by atoms with Crippen LogP contribution in [0, 0.1) is 0 Å². The Labute approximate surface area is 191 Å². The van der Waals surface area contributed by atoms with Gasteiger partial charge in [-0.15, -0.1) is 23.4 Å². The van der Waals surface area contributed by atoms with Gasteiger partial charge in [-0.05, 0) is 62.8 Å². The van der Waals surface area contributed by atoms with Gasteiger partial charge < -0.3 is 14.2 Å². The highest BCUT2D eigenvalue weighted by atomic mass is 35.5. The van der Waals surface area contributed by atoms with Crippen LogP contribution in [-0.4, -0.2) is 34.6 Å². The van der Waals surface area contributed by atoms with Gasteiger partial charge in [-0.3, -0.25) is 9.53 Å². The topological polar surface area (TPSA) is 90.4 Å². The lowest BCUT2D eigenvalue weighted by Gasteiger charge is -2.33. The van der Waals surface area contributed by atoms with Gasteiger partial charge in [0.25, 0.3) is 5.91 Å². The number of nitrogens with one attached hydrogen (secondary N) is 1. The van der Waals surface area contributed by atoms with Crippen LogP contribution < -0.4 is 5.32 Å². The average Bonchev–Trinajstić information content (AvgIpc) is 3.37. The second kappa shape index (κ2) is 8.64. The lowest BCUT2D eigenvalue weighted by Crippen LogP contribution is -2.37. The molecule has 0 unspecified atom stereocenters. The molecule has 3 aromatic rings. The summed E-state index contributed by atoms with van der Waals surface area (Å²) in [7, 11) is 0. The summed E-state index contributed by atoms with van der Waals surface area (Å²) in [4.78, 5) is 12.6. The fourth-order valence-corrected chi connectivity index (χ4v) is 4.68. The molecule has 0 radical (unpaired) electrons. The molecule has 1 amide bonds. The Hall–Kier alpha value is -2.59. The first kappa shape index (κ1) is 22.2. The fraction of sp³-hybridized carbons (Fsp3) is 0.500. The number of hydrogen-bond acceptors (Lipinski definition) is 6. The lowest BCUT2D eigenvalue weighted by molar-refractivity contribution is -0.352. The summed E-state index contributed by atoms with van der Waals surface area (Å²) in [5.41, 5.74) is 0.600. The molecule has 2 fully saturated rings. The standard InChI is InChI=1S/C22H21ClF3N3O4/c23-14-3-6-17-12(7-14)10-18(31-17)19(30)27-15-4-1-11(2-5-15)20-28-29-21(32-20)13-8-16(9-13)33-22(24,25)26/h3,6-7,10-11,13,15-16H,1-2,4-5,8-9H2,(H,27,30). The van der Waals surface area contributed by atoms with Gasteiger partial charge in [0, 0.05) is 28.3 Å². The number of carbonyl (C=O) groups is 1. The van der Waals surface area contributed by atoms with Crippen molar-refractivity contribution in [2.75, 3.05) is 0 Å². The number of halogens is 4. The summed E-state index contributed by atoms with van der Waals surface area (Å²) in [5, 5.41) is 12.5. The van der Waals surface area contributed by atoms with Gasteiger partial charge in [-0.25, -0.2) is 0 Å². The van der Waals surface area contributed by atoms with E-state index in [0.29, 0.717) is 22.4 Å². The number of alkyl halides is 3. The number of nitrogens with zero attached hydrogens (tertiary/aromatic N) is 2. The maximum Gasteiger partial charge on any atom is 0.522 e. The van der Waals surface area contributed by atoms with E-state index in [4.69, 9.17) is 20.4 Å². The minimum absolute atomic E-state index is 0.000139. The summed E-state index contributed by atoms with van der Waals surface area (Å²) in [6.07, 6.45) is -2.05. The normalized spacial score (nSPS) is 25.7. The first-order valence-electron chi connectivity index (χ1n) is 10.8. The third-order valence-electron chi connectivity index (χ3n) is 6.31. The van der Waals surface area contributed by atoms with E-state index in [-0.39, 0.29) is 42.4 Å². The van der Waals surface area contributed by atoms with Crippen molar-refractivity contribution in [3.63, 3.8) is 0 Å². The SMILES string of the molecule is O=C(NC1CCC(c2nnc(C3CC(OC(F)(F)F)C3)o2)CC1)c1cc2cc(Cl)ccc2o1. The molecule has 2 aliphatic rings. The van der Waals surface area contributed by atoms with Gasteiger partial charge in [0.2, 0.25) is 11.8 Å². The van der Waals surface area contributed by atoms with Crippen molar-refractivity contribution >= 4 is 28.5 Å². The predicted molar refractivity (Wildman–Crippen MR) is 111 cm³/mol. The van der Waals surface area contributed by atoms with Gasteiger partial charge in [0.05, 0.1) is 6.10 Å². The monoisotopic (exact) mass is 483 g/mol. The Kier molecular flexibility index (Phi) is 5.82. The number of carbonyl (C=O) groups excluding carboxylic acids is 1. The molecule has 33 heavy (non-hydrogen) atoms. The second-order valence-electron chi connectivity index (χ2n) is 8.65. The number of fused-ring (bicyclic) bond motifs is 1. The molecule has 11 heteroatoms. The number of rotatable bonds is 5. The number of hydrogen-bond donors (Lipinski definition) is 1. The molecule has 1 N–H and O–H groups in total. The van der Waals surface area contributed by atoms with E-state index in [0.717, 1.165) is 31.1 Å². The molecule has 176 valence electrons. The van der Waals surface area contributed by atoms with E-state index in [1.807, 2.05) is 0 Å². The maximum absolute atomic E-state index is 12.6. The van der Waals surface area contributed by atoms with Crippen molar-refractivity contribution in [3.05, 3.63) is 46.8 Å². The summed E-state index contributed by atoms with van der Waals surface area (Å²) < 4.78 is 52.2. The number of furan rings is 1. The quantitative estimate of drug-likeness (QED) is 0.500. The molecule has 7 nitrogen and oxygen atoms in total. The molecule has 2 aromatic heterocycles. The van der Waals surface area contributed by atoms with E-state index >= 15 is 0 Å². The Morgan fingerprint density at radius 2 is 1.73 bits per heavy atom. The summed E-state index contributed by atoms with van der Waals surface area (Å²) in [6.45, 7) is 0. The van der Waals surface area contributed by atoms with Crippen molar-refractivity contribution in [2.45, 2.75) is 68.9 Å². The van der Waals surface area contributed by atoms with Crippen molar-refractivity contribution in [2.24, 2.45) is 0 Å². The van der Waals surface area contributed by atoms with Gasteiger partial charge in [0.1, 0.15) is 5.58 Å². The molecular formula is C22H21ClF3N3O4. The summed E-state index contributed by atoms with van der Waals surface area (Å²) in [6, 6.07) is 6.85. The second-order valence-corrected chi connectivity index (χ2v) is 9.08. The van der Waals surface area contributed by atoms with Crippen LogP contribution in [0.3, 0.4) is 0 Å². The smallest absolute Gasteiger partial charge is 0.451 e. The average molecular weight is 484 g/mol. The van der Waals surface area contributed by atoms with Crippen LogP contribution in [0.1, 0.15) is 72.7 Å². The van der Waals surface area contributed by atoms with Crippen LogP contribution in [-0.2, 0) is 4.74 Å². The van der Waals surface area contributed by atoms with E-state index in [1.165, 1.54) is 0 Å². The van der Waals surface area contributed by atoms with Gasteiger partial charge >= 0.3 is 6.36 Å². The highest BCUT2D eigenvalue weighted by molar-refractivity contribution is 6.31. The van der Waals surface area contributed by atoms with Crippen molar-refractivity contribution in [1.82, 2.24) is 15.5 Å². The van der Waals surface area contributed by atoms with E-state index < -0.39 is 12.5 Å². The minimum Gasteiger partial charge on any atom is -0.451 e. The van der Waals surface area contributed by atoms with Crippen LogP contribution in [0.4, 0.5) is 13.2 Å². The van der Waals surface area contributed by atoms with Crippen molar-refractivity contribution < 1.29 is 31.5 Å². The van der Waals surface area contributed by atoms with Crippen LogP contribution in [0.25, 0.3) is 11.0 Å². The molecule has 0 spiro atoms. The van der Waals surface area contributed by atoms with Gasteiger partial charge in [0.15, 0.2) is 5.76 Å². The molecule has 0 saturated heterocycles. The molecular weight excluding hydrogens is 463 g/mol. The largest absolute Gasteiger partial charge is 0.522 e. The van der Waals surface area contributed by atoms with E-state index in [9.17, 15) is 18.0 Å². The highest BCUT2D eigenvalue weighted by Crippen LogP contribution is 2.42. The van der Waals surface area contributed by atoms with Crippen LogP contribution in [0.5, 0.6) is 0 Å². The first-order chi connectivity index (χ1) is 15.7. The summed E-state index contributed by atoms with van der Waals surface area (Å²) in [5.74, 6) is 0.704. The van der Waals surface area contributed by atoms with Crippen LogP contribution >= 0.6 is 11.6 Å². The molecule has 2 heterocycles. The van der Waals surface area contributed by atoms with Crippen LogP contribution in [0.15, 0.2) is 33.1 Å². The Morgan fingerprint density at radius 3 is 2.42 bits per heavy atom. The minimum atomic E-state index is -4.62. The van der Waals surface area contributed by atoms with Crippen molar-refractivity contribution in [3.8, 4) is 0 Å². The van der Waals surface area contributed by atoms with Crippen LogP contribution in [0.2, 0.25) is 5.02 Å². The highest BCUT2D eigenvalue weighted by Gasteiger charge is 2.42. The Bertz CT molecular complexity index is 1150. The third-order valence-corrected chi connectivity index (χ3v) is 6.55. The Morgan fingerprint density at radius 1 is 1.03 bits per heavy atom. The first-order valence-corrected chi connectivity index (χ1v) is 11.2. The lowest BCUT2D eigenvalue weighted by atomic mass is 9.82. The maximum atomic E-state index is 12.6. The molecule has 2 saturated carbocycles. The third kappa shape index (κ3) is 5.01. The van der Waals surface area contributed by atoms with Gasteiger partial charge in [-0.1, -0.05) is 11.6 Å². The number of aromatic nitrogens is 2. The zero-order chi connectivity index (χ0) is 23.2. The predicted octanol–water partition coefficient (Wildman–Crippen LogP) is 5.71. The molecule has 5 rings (SSSR count). The molecule has 0 aliphatic heterocycles. The zero-order valence-electron chi connectivity index (χ0n) is 17.4. The summed E-state index contributed by atoms with van der Waals surface area (Å²) >= 11 is 5.98. The number of amides is 1. The van der Waals surface area contributed by atoms with E-state index in [1.54, 1.807) is 24.3 Å². The number of benzene rings is 1. The van der Waals surface area contributed by atoms with E-state index in [2.05, 4.69) is 20.3 Å². The fourth-order valence-electron chi connectivity index (χ4n) is 4.50. The number of ether oxygens (including phenoxy) is 1. The molecule has 0 bridgehead atoms. The van der Waals surface area contributed by atoms with Gasteiger partial charge in [-0.2, -0.15) is 0 Å².